The lowest BCUT2D eigenvalue weighted by atomic mass is 9.75. The normalized spacial score (nSPS) is 22.3. The maximum atomic E-state index is 12.7. The van der Waals surface area contributed by atoms with E-state index in [1.807, 2.05) is 39.0 Å². The van der Waals surface area contributed by atoms with Gasteiger partial charge in [0, 0.05) is 11.4 Å². The molecule has 23 heavy (non-hydrogen) atoms. The maximum absolute atomic E-state index is 12.7. The Bertz CT molecular complexity index is 555. The number of carbonyl (C=O) groups excluding carboxylic acids is 1. The van der Waals surface area contributed by atoms with Gasteiger partial charge in [-0.15, -0.1) is 4.72 Å². The van der Waals surface area contributed by atoms with E-state index in [-0.39, 0.29) is 12.4 Å². The first-order valence-corrected chi connectivity index (χ1v) is 9.37. The van der Waals surface area contributed by atoms with Gasteiger partial charge < -0.3 is 9.29 Å². The van der Waals surface area contributed by atoms with Gasteiger partial charge in [-0.05, 0) is 58.1 Å². The van der Waals surface area contributed by atoms with Gasteiger partial charge >= 0.3 is 5.97 Å². The van der Waals surface area contributed by atoms with E-state index in [9.17, 15) is 9.35 Å². The van der Waals surface area contributed by atoms with Crippen LogP contribution in [0.15, 0.2) is 24.3 Å². The topological polar surface area (TPSA) is 61.4 Å². The molecule has 5 heteroatoms. The van der Waals surface area contributed by atoms with Gasteiger partial charge in [0.15, 0.2) is 0 Å². The zero-order valence-electron chi connectivity index (χ0n) is 14.5. The monoisotopic (exact) mass is 337 g/mol. The Balaban J connectivity index is 2.38. The second kappa shape index (κ2) is 7.24. The molecule has 2 atom stereocenters. The summed E-state index contributed by atoms with van der Waals surface area (Å²) in [5.74, 6) is -0.248. The smallest absolute Gasteiger partial charge is 0.308 e. The number of hydrogen-bond acceptors (Lipinski definition) is 4. The molecular formula is C18H27NO3S. The fourth-order valence-corrected chi connectivity index (χ4v) is 3.98. The molecule has 0 aromatic heterocycles. The van der Waals surface area contributed by atoms with Crippen LogP contribution in [-0.2, 0) is 32.9 Å². The number of carbonyl (C=O) groups is 1. The number of nitrogens with one attached hydrogen (secondary N) is 1. The molecule has 0 bridgehead atoms. The average Bonchev–Trinajstić information content (AvgIpc) is 2.47. The quantitative estimate of drug-likeness (QED) is 0.662. The van der Waals surface area contributed by atoms with Crippen LogP contribution in [0.2, 0.25) is 0 Å². The van der Waals surface area contributed by atoms with Crippen LogP contribution in [0.4, 0.5) is 0 Å². The van der Waals surface area contributed by atoms with Crippen LogP contribution in [0.5, 0.6) is 0 Å². The molecule has 2 rings (SSSR count). The van der Waals surface area contributed by atoms with Crippen LogP contribution in [0.3, 0.4) is 0 Å². The van der Waals surface area contributed by atoms with Gasteiger partial charge in [0.1, 0.15) is 4.75 Å². The van der Waals surface area contributed by atoms with Gasteiger partial charge in [-0.3, -0.25) is 4.79 Å². The molecule has 128 valence electrons. The third-order valence-electron chi connectivity index (χ3n) is 4.18. The van der Waals surface area contributed by atoms with Crippen molar-refractivity contribution in [3.63, 3.8) is 0 Å². The zero-order chi connectivity index (χ0) is 17.1. The van der Waals surface area contributed by atoms with Gasteiger partial charge in [-0.25, -0.2) is 0 Å². The Morgan fingerprint density at radius 2 is 2.09 bits per heavy atom. The largest absolute Gasteiger partial charge is 0.598 e. The maximum Gasteiger partial charge on any atom is 0.308 e. The lowest BCUT2D eigenvalue weighted by Crippen LogP contribution is -2.53. The summed E-state index contributed by atoms with van der Waals surface area (Å²) in [6.07, 6.45) is 2.94. The second-order valence-electron chi connectivity index (χ2n) is 7.06. The summed E-state index contributed by atoms with van der Waals surface area (Å²) in [5, 5.41) is 0. The van der Waals surface area contributed by atoms with E-state index < -0.39 is 21.6 Å². The molecule has 0 saturated carbocycles. The van der Waals surface area contributed by atoms with Crippen molar-refractivity contribution in [2.45, 2.75) is 63.7 Å². The van der Waals surface area contributed by atoms with Crippen molar-refractivity contribution in [1.82, 2.24) is 4.72 Å². The van der Waals surface area contributed by atoms with Crippen molar-refractivity contribution >= 4 is 17.3 Å². The van der Waals surface area contributed by atoms with Crippen LogP contribution in [0, 0.1) is 0 Å². The Morgan fingerprint density at radius 1 is 1.39 bits per heavy atom. The van der Waals surface area contributed by atoms with E-state index in [0.717, 1.165) is 24.8 Å². The summed E-state index contributed by atoms with van der Waals surface area (Å²) in [4.78, 5) is 12.2. The number of fused-ring (bicyclic) bond motifs is 1. The van der Waals surface area contributed by atoms with E-state index in [1.54, 1.807) is 6.92 Å². The molecule has 4 nitrogen and oxygen atoms in total. The summed E-state index contributed by atoms with van der Waals surface area (Å²) in [6.45, 7) is 7.97. The number of ether oxygens (including phenoxy) is 1. The van der Waals surface area contributed by atoms with Crippen molar-refractivity contribution in [2.24, 2.45) is 0 Å². The Morgan fingerprint density at radius 3 is 2.74 bits per heavy atom. The molecule has 0 amide bonds. The number of hydrogen-bond donors (Lipinski definition) is 1. The molecule has 1 N–H and O–H groups in total. The van der Waals surface area contributed by atoms with E-state index in [4.69, 9.17) is 4.74 Å². The van der Waals surface area contributed by atoms with Gasteiger partial charge in [0.2, 0.25) is 0 Å². The van der Waals surface area contributed by atoms with Crippen LogP contribution in [0.1, 0.15) is 58.1 Å². The molecular weight excluding hydrogens is 310 g/mol. The first-order valence-electron chi connectivity index (χ1n) is 8.22. The minimum Gasteiger partial charge on any atom is -0.598 e. The van der Waals surface area contributed by atoms with Crippen LogP contribution < -0.4 is 4.72 Å². The molecule has 0 fully saturated rings. The summed E-state index contributed by atoms with van der Waals surface area (Å²) in [7, 11) is 0. The Hall–Kier alpha value is -1.04. The molecule has 0 unspecified atom stereocenters. The van der Waals surface area contributed by atoms with E-state index in [0.29, 0.717) is 6.61 Å². The second-order valence-corrected chi connectivity index (χ2v) is 9.02. The summed E-state index contributed by atoms with van der Waals surface area (Å²) < 4.78 is 20.8. The molecule has 1 aliphatic rings. The summed E-state index contributed by atoms with van der Waals surface area (Å²) >= 11 is -1.26. The molecule has 0 spiro atoms. The van der Waals surface area contributed by atoms with Crippen molar-refractivity contribution in [1.29, 1.82) is 0 Å². The highest BCUT2D eigenvalue weighted by Crippen LogP contribution is 2.39. The minimum absolute atomic E-state index is 0.208. The Kier molecular flexibility index (Phi) is 5.76. The van der Waals surface area contributed by atoms with Gasteiger partial charge in [-0.1, -0.05) is 24.3 Å². The average molecular weight is 337 g/mol. The zero-order valence-corrected chi connectivity index (χ0v) is 15.3. The molecule has 0 saturated heterocycles. The molecule has 1 aromatic carbocycles. The van der Waals surface area contributed by atoms with Crippen molar-refractivity contribution in [3.8, 4) is 0 Å². The summed E-state index contributed by atoms with van der Waals surface area (Å²) in [5.41, 5.74) is 1.69. The summed E-state index contributed by atoms with van der Waals surface area (Å²) in [6, 6.07) is 8.13. The van der Waals surface area contributed by atoms with E-state index in [1.165, 1.54) is 5.56 Å². The molecule has 0 radical (unpaired) electrons. The number of benzene rings is 1. The van der Waals surface area contributed by atoms with Crippen LogP contribution >= 0.6 is 0 Å². The van der Waals surface area contributed by atoms with E-state index >= 15 is 0 Å². The predicted octanol–water partition coefficient (Wildman–Crippen LogP) is 3.22. The highest BCUT2D eigenvalue weighted by Gasteiger charge is 2.44. The number of esters is 1. The SMILES string of the molecule is CCOC(=O)C[C@@]1(N[S@+]([O-])C(C)(C)C)CCCc2ccccc21. The Labute approximate surface area is 142 Å². The first kappa shape index (κ1) is 18.3. The number of rotatable bonds is 5. The lowest BCUT2D eigenvalue weighted by Gasteiger charge is -2.40. The van der Waals surface area contributed by atoms with Gasteiger partial charge in [0.25, 0.3) is 0 Å². The van der Waals surface area contributed by atoms with Gasteiger partial charge in [-0.2, -0.15) is 0 Å². The highest BCUT2D eigenvalue weighted by atomic mass is 32.2. The minimum atomic E-state index is -1.26. The van der Waals surface area contributed by atoms with Crippen molar-refractivity contribution in [3.05, 3.63) is 35.4 Å². The predicted molar refractivity (Wildman–Crippen MR) is 93.3 cm³/mol. The number of aryl methyl sites for hydroxylation is 1. The van der Waals surface area contributed by atoms with Crippen LogP contribution in [0.25, 0.3) is 0 Å². The molecule has 1 aliphatic carbocycles. The highest BCUT2D eigenvalue weighted by molar-refractivity contribution is 7.90. The van der Waals surface area contributed by atoms with Gasteiger partial charge in [0.05, 0.1) is 18.6 Å². The molecule has 1 aromatic rings. The lowest BCUT2D eigenvalue weighted by molar-refractivity contribution is -0.145. The van der Waals surface area contributed by atoms with Crippen molar-refractivity contribution in [2.75, 3.05) is 6.61 Å². The van der Waals surface area contributed by atoms with Crippen molar-refractivity contribution < 1.29 is 14.1 Å². The molecule has 0 aliphatic heterocycles. The third kappa shape index (κ3) is 4.28. The fraction of sp³-hybridized carbons (Fsp3) is 0.611. The first-order chi connectivity index (χ1) is 10.8. The third-order valence-corrected chi connectivity index (χ3v) is 5.87. The van der Waals surface area contributed by atoms with Crippen LogP contribution in [-0.4, -0.2) is 21.9 Å². The molecule has 0 heterocycles. The fourth-order valence-electron chi connectivity index (χ4n) is 3.04. The standard InChI is InChI=1S/C18H27NO3S/c1-5-22-16(20)13-18(19-23(21)17(2,3)4)12-8-10-14-9-6-7-11-15(14)18/h6-7,9,11,19H,5,8,10,12-13H2,1-4H3/t18-,23+/m0/s1. The van der Waals surface area contributed by atoms with E-state index in [2.05, 4.69) is 10.8 Å².